The number of nitriles is 1. The number of aromatic nitrogens is 1. The fourth-order valence-corrected chi connectivity index (χ4v) is 8.13. The zero-order chi connectivity index (χ0) is 29.8. The number of hydrogen-bond donors (Lipinski definition) is 2. The van der Waals surface area contributed by atoms with Crippen LogP contribution in [0, 0.1) is 23.1 Å². The summed E-state index contributed by atoms with van der Waals surface area (Å²) >= 11 is 6.48. The van der Waals surface area contributed by atoms with Gasteiger partial charge in [0.25, 0.3) is 0 Å². The van der Waals surface area contributed by atoms with Crippen LogP contribution in [0.25, 0.3) is 10.9 Å². The molecule has 0 spiro atoms. The SMILES string of the molecule is CCOc1cc2ncc(C#N)c(Nc3ccc(OCc4cccc(F)c4)c(Cl)c3)c2cc1NC(=O)C1C[S+]([O-])[S+]([O-])C1. The lowest BCUT2D eigenvalue weighted by Crippen LogP contribution is -2.26. The van der Waals surface area contributed by atoms with E-state index in [-0.39, 0.29) is 29.5 Å². The van der Waals surface area contributed by atoms with Crippen LogP contribution in [0.1, 0.15) is 18.1 Å². The van der Waals surface area contributed by atoms with E-state index < -0.39 is 32.2 Å². The van der Waals surface area contributed by atoms with E-state index in [0.29, 0.717) is 56.7 Å². The Labute approximate surface area is 251 Å². The molecule has 1 fully saturated rings. The summed E-state index contributed by atoms with van der Waals surface area (Å²) in [6, 6.07) is 16.5. The van der Waals surface area contributed by atoms with Crippen LogP contribution in [0.5, 0.6) is 11.5 Å². The van der Waals surface area contributed by atoms with Crippen molar-refractivity contribution < 1.29 is 27.8 Å². The van der Waals surface area contributed by atoms with Gasteiger partial charge in [-0.05, 0) is 48.9 Å². The van der Waals surface area contributed by atoms with Crippen molar-refractivity contribution in [2.75, 3.05) is 28.7 Å². The molecule has 4 aromatic rings. The summed E-state index contributed by atoms with van der Waals surface area (Å²) in [5, 5.41) is 16.7. The van der Waals surface area contributed by atoms with Crippen LogP contribution in [0.15, 0.2) is 60.8 Å². The second-order valence-electron chi connectivity index (χ2n) is 9.27. The molecule has 5 rings (SSSR count). The number of nitrogens with one attached hydrogen (secondary N) is 2. The van der Waals surface area contributed by atoms with Gasteiger partial charge in [-0.2, -0.15) is 5.26 Å². The van der Waals surface area contributed by atoms with Crippen LogP contribution in [-0.4, -0.2) is 38.1 Å². The van der Waals surface area contributed by atoms with E-state index >= 15 is 0 Å². The highest BCUT2D eigenvalue weighted by atomic mass is 35.5. The van der Waals surface area contributed by atoms with Gasteiger partial charge in [-0.1, -0.05) is 23.7 Å². The maximum absolute atomic E-state index is 13.5. The molecule has 216 valence electrons. The van der Waals surface area contributed by atoms with Gasteiger partial charge in [-0.15, -0.1) is 0 Å². The summed E-state index contributed by atoms with van der Waals surface area (Å²) in [6.07, 6.45) is 1.43. The minimum Gasteiger partial charge on any atom is -0.571 e. The van der Waals surface area contributed by atoms with Crippen molar-refractivity contribution in [2.24, 2.45) is 5.92 Å². The molecule has 2 unspecified atom stereocenters. The van der Waals surface area contributed by atoms with Crippen LogP contribution in [-0.2, 0) is 31.8 Å². The third kappa shape index (κ3) is 6.67. The Hall–Kier alpha value is -3.73. The fourth-order valence-electron chi connectivity index (χ4n) is 4.35. The Morgan fingerprint density at radius 1 is 1.14 bits per heavy atom. The maximum atomic E-state index is 13.5. The van der Waals surface area contributed by atoms with Gasteiger partial charge in [0.15, 0.2) is 31.9 Å². The van der Waals surface area contributed by atoms with E-state index in [1.54, 1.807) is 49.4 Å². The number of ether oxygens (including phenoxy) is 2. The van der Waals surface area contributed by atoms with E-state index in [1.165, 1.54) is 18.3 Å². The minimum atomic E-state index is -1.56. The third-order valence-electron chi connectivity index (χ3n) is 6.38. The average molecular weight is 627 g/mol. The zero-order valence-corrected chi connectivity index (χ0v) is 24.6. The molecule has 2 heterocycles. The molecule has 1 aliphatic heterocycles. The Balaban J connectivity index is 1.44. The van der Waals surface area contributed by atoms with Crippen molar-refractivity contribution >= 4 is 65.9 Å². The molecule has 1 amide bonds. The van der Waals surface area contributed by atoms with Crippen LogP contribution in [0.3, 0.4) is 0 Å². The van der Waals surface area contributed by atoms with E-state index in [4.69, 9.17) is 21.1 Å². The molecule has 1 saturated heterocycles. The smallest absolute Gasteiger partial charge is 0.237 e. The summed E-state index contributed by atoms with van der Waals surface area (Å²) in [6.45, 7) is 2.24. The molecule has 0 radical (unpaired) electrons. The number of benzene rings is 3. The summed E-state index contributed by atoms with van der Waals surface area (Å²) in [5.74, 6) is -0.647. The fraction of sp³-hybridized carbons (Fsp3) is 0.207. The molecule has 42 heavy (non-hydrogen) atoms. The monoisotopic (exact) mass is 626 g/mol. The lowest BCUT2D eigenvalue weighted by Gasteiger charge is -2.17. The van der Waals surface area contributed by atoms with Crippen molar-refractivity contribution in [3.8, 4) is 17.6 Å². The number of nitrogens with zero attached hydrogens (tertiary/aromatic N) is 2. The van der Waals surface area contributed by atoms with Crippen LogP contribution >= 0.6 is 11.6 Å². The van der Waals surface area contributed by atoms with Gasteiger partial charge in [0, 0.05) is 23.3 Å². The summed E-state index contributed by atoms with van der Waals surface area (Å²) < 4.78 is 48.7. The number of carbonyl (C=O) groups is 1. The Morgan fingerprint density at radius 2 is 1.93 bits per heavy atom. The topological polar surface area (TPSA) is 142 Å². The molecular formula is C29H24ClFN4O5S2. The minimum absolute atomic E-state index is 0.0195. The van der Waals surface area contributed by atoms with Gasteiger partial charge in [0.05, 0.1) is 34.1 Å². The number of rotatable bonds is 9. The summed E-state index contributed by atoms with van der Waals surface area (Å²) in [5.41, 5.74) is 2.71. The maximum Gasteiger partial charge on any atom is 0.237 e. The molecular weight excluding hydrogens is 603 g/mol. The molecule has 2 N–H and O–H groups in total. The van der Waals surface area contributed by atoms with Gasteiger partial charge in [-0.3, -0.25) is 9.78 Å². The lowest BCUT2D eigenvalue weighted by molar-refractivity contribution is -0.118. The number of amides is 1. The number of hydrogen-bond acceptors (Lipinski definition) is 8. The van der Waals surface area contributed by atoms with Crippen molar-refractivity contribution in [3.05, 3.63) is 82.8 Å². The first-order valence-corrected chi connectivity index (χ1v) is 16.3. The molecule has 9 nitrogen and oxygen atoms in total. The van der Waals surface area contributed by atoms with E-state index in [2.05, 4.69) is 21.7 Å². The molecule has 1 aliphatic rings. The molecule has 13 heteroatoms. The summed E-state index contributed by atoms with van der Waals surface area (Å²) in [4.78, 5) is 17.4. The van der Waals surface area contributed by atoms with Gasteiger partial charge < -0.3 is 29.2 Å². The van der Waals surface area contributed by atoms with Gasteiger partial charge in [0.1, 0.15) is 35.9 Å². The first-order chi connectivity index (χ1) is 20.2. The number of fused-ring (bicyclic) bond motifs is 1. The quantitative estimate of drug-likeness (QED) is 0.181. The van der Waals surface area contributed by atoms with Crippen molar-refractivity contribution in [2.45, 2.75) is 13.5 Å². The molecule has 0 aliphatic carbocycles. The molecule has 3 aromatic carbocycles. The highest BCUT2D eigenvalue weighted by Crippen LogP contribution is 2.38. The second kappa shape index (κ2) is 13.1. The predicted molar refractivity (Wildman–Crippen MR) is 161 cm³/mol. The standard InChI is InChI=1S/C29H24ClFN4O5S2/c1-2-39-27-11-24-22(10-25(27)35-29(36)19-15-41(37)42(38)16-19)28(18(12-32)13-33-24)34-21-6-7-26(23(30)9-21)40-14-17-4-3-5-20(31)8-17/h3-11,13,19H,2,14-16H2,1H3,(H,33,34)(H,35,36). The third-order valence-corrected chi connectivity index (χ3v) is 10.5. The van der Waals surface area contributed by atoms with E-state index in [1.807, 2.05) is 0 Å². The number of carbonyl (C=O) groups excluding carboxylic acids is 1. The van der Waals surface area contributed by atoms with Crippen LogP contribution < -0.4 is 20.1 Å². The largest absolute Gasteiger partial charge is 0.571 e. The first-order valence-electron chi connectivity index (χ1n) is 12.8. The number of pyridine rings is 1. The Morgan fingerprint density at radius 3 is 2.62 bits per heavy atom. The van der Waals surface area contributed by atoms with Gasteiger partial charge >= 0.3 is 0 Å². The molecule has 0 bridgehead atoms. The number of halogens is 2. The highest BCUT2D eigenvalue weighted by molar-refractivity contribution is 8.67. The Bertz CT molecular complexity index is 1680. The average Bonchev–Trinajstić information content (AvgIpc) is 3.31. The van der Waals surface area contributed by atoms with Crippen molar-refractivity contribution in [3.63, 3.8) is 0 Å². The second-order valence-corrected chi connectivity index (χ2v) is 13.8. The Kier molecular flexibility index (Phi) is 9.25. The highest BCUT2D eigenvalue weighted by Gasteiger charge is 2.45. The molecule has 0 saturated carbocycles. The van der Waals surface area contributed by atoms with E-state index in [0.717, 1.165) is 0 Å². The van der Waals surface area contributed by atoms with Crippen LogP contribution in [0.2, 0.25) is 5.02 Å². The normalized spacial score (nSPS) is 18.0. The van der Waals surface area contributed by atoms with Crippen molar-refractivity contribution in [1.82, 2.24) is 4.98 Å². The molecule has 1 aromatic heterocycles. The number of anilines is 3. The van der Waals surface area contributed by atoms with Crippen molar-refractivity contribution in [1.29, 1.82) is 5.26 Å². The lowest BCUT2D eigenvalue weighted by atomic mass is 10.1. The van der Waals surface area contributed by atoms with Gasteiger partial charge in [-0.25, -0.2) is 4.39 Å². The van der Waals surface area contributed by atoms with E-state index in [9.17, 15) is 23.6 Å². The first kappa shape index (κ1) is 29.8. The van der Waals surface area contributed by atoms with Crippen LogP contribution in [0.4, 0.5) is 21.5 Å². The molecule has 2 atom stereocenters. The predicted octanol–water partition coefficient (Wildman–Crippen LogP) is 5.60. The zero-order valence-electron chi connectivity index (χ0n) is 22.2. The summed E-state index contributed by atoms with van der Waals surface area (Å²) in [7, 11) is -3.13. The van der Waals surface area contributed by atoms with Gasteiger partial charge in [0.2, 0.25) is 5.91 Å².